The Morgan fingerprint density at radius 1 is 1.40 bits per heavy atom. The molecule has 1 saturated heterocycles. The van der Waals surface area contributed by atoms with Crippen molar-refractivity contribution < 1.29 is 0 Å². The number of benzene rings is 1. The lowest BCUT2D eigenvalue weighted by Gasteiger charge is -2.22. The molecule has 2 rings (SSSR count). The molecule has 0 aliphatic carbocycles. The summed E-state index contributed by atoms with van der Waals surface area (Å²) in [6, 6.07) is 9.33. The molecule has 1 heterocycles. The number of nitrogens with zero attached hydrogens (tertiary/aromatic N) is 1. The first-order valence-electron chi connectivity index (χ1n) is 5.34. The van der Waals surface area contributed by atoms with Gasteiger partial charge >= 0.3 is 0 Å². The molecule has 1 aromatic rings. The van der Waals surface area contributed by atoms with E-state index in [4.69, 9.17) is 0 Å². The fourth-order valence-corrected chi connectivity index (χ4v) is 3.33. The highest BCUT2D eigenvalue weighted by Gasteiger charge is 2.22. The first-order valence-corrected chi connectivity index (χ1v) is 7.25. The summed E-state index contributed by atoms with van der Waals surface area (Å²) < 4.78 is 1.18. The molecule has 0 saturated carbocycles. The van der Waals surface area contributed by atoms with Crippen LogP contribution in [0.25, 0.3) is 0 Å². The lowest BCUT2D eigenvalue weighted by Crippen LogP contribution is -2.29. The Kier molecular flexibility index (Phi) is 4.23. The Bertz CT molecular complexity index is 327. The van der Waals surface area contributed by atoms with Crippen LogP contribution in [0.4, 0.5) is 0 Å². The molecule has 1 aliphatic heterocycles. The summed E-state index contributed by atoms with van der Waals surface area (Å²) in [6.07, 6.45) is 2.67. The van der Waals surface area contributed by atoms with Crippen molar-refractivity contribution in [2.45, 2.75) is 25.4 Å². The van der Waals surface area contributed by atoms with Crippen molar-refractivity contribution in [1.82, 2.24) is 4.90 Å². The van der Waals surface area contributed by atoms with Gasteiger partial charge in [-0.3, -0.25) is 4.90 Å². The van der Waals surface area contributed by atoms with E-state index in [0.717, 1.165) is 17.9 Å². The molecule has 3 heteroatoms. The average Bonchev–Trinajstić information content (AvgIpc) is 2.65. The van der Waals surface area contributed by atoms with E-state index in [1.54, 1.807) is 0 Å². The molecular formula is C12H15Br2N. The monoisotopic (exact) mass is 331 g/mol. The third kappa shape index (κ3) is 3.05. The van der Waals surface area contributed by atoms with Crippen molar-refractivity contribution in [1.29, 1.82) is 0 Å². The van der Waals surface area contributed by atoms with E-state index in [1.165, 1.54) is 29.4 Å². The zero-order chi connectivity index (χ0) is 10.7. The summed E-state index contributed by atoms with van der Waals surface area (Å²) in [5.41, 5.74) is 1.40. The van der Waals surface area contributed by atoms with E-state index < -0.39 is 0 Å². The molecule has 1 fully saturated rings. The van der Waals surface area contributed by atoms with Gasteiger partial charge in [-0.2, -0.15) is 0 Å². The first-order chi connectivity index (χ1) is 7.29. The molecule has 15 heavy (non-hydrogen) atoms. The maximum absolute atomic E-state index is 3.59. The zero-order valence-electron chi connectivity index (χ0n) is 8.63. The second-order valence-electron chi connectivity index (χ2n) is 4.05. The van der Waals surface area contributed by atoms with E-state index in [0.29, 0.717) is 0 Å². The molecule has 1 aromatic carbocycles. The molecule has 1 aliphatic rings. The van der Waals surface area contributed by atoms with Crippen LogP contribution in [0.1, 0.15) is 18.4 Å². The average molecular weight is 333 g/mol. The molecule has 82 valence electrons. The molecule has 0 radical (unpaired) electrons. The van der Waals surface area contributed by atoms with Gasteiger partial charge in [-0.05, 0) is 37.1 Å². The van der Waals surface area contributed by atoms with Gasteiger partial charge < -0.3 is 0 Å². The van der Waals surface area contributed by atoms with E-state index in [2.05, 4.69) is 61.0 Å². The van der Waals surface area contributed by atoms with Crippen molar-refractivity contribution in [3.05, 3.63) is 34.3 Å². The molecule has 1 unspecified atom stereocenters. The zero-order valence-corrected chi connectivity index (χ0v) is 11.8. The Labute approximate surface area is 108 Å². The van der Waals surface area contributed by atoms with Crippen LogP contribution in [0.3, 0.4) is 0 Å². The topological polar surface area (TPSA) is 3.24 Å². The lowest BCUT2D eigenvalue weighted by molar-refractivity contribution is 0.265. The Morgan fingerprint density at radius 3 is 3.00 bits per heavy atom. The smallest absolute Gasteiger partial charge is 0.0237 e. The van der Waals surface area contributed by atoms with Gasteiger partial charge in [0.2, 0.25) is 0 Å². The Morgan fingerprint density at radius 2 is 2.27 bits per heavy atom. The number of likely N-dealkylation sites (tertiary alicyclic amines) is 1. The second kappa shape index (κ2) is 5.46. The van der Waals surface area contributed by atoms with Gasteiger partial charge in [0, 0.05) is 22.4 Å². The third-order valence-corrected chi connectivity index (χ3v) is 4.19. The SMILES string of the molecule is BrCC1CCCN1Cc1cccc(Br)c1. The molecule has 0 aromatic heterocycles. The standard InChI is InChI=1S/C12H15Br2N/c13-8-12-5-2-6-15(12)9-10-3-1-4-11(14)7-10/h1,3-4,7,12H,2,5-6,8-9H2. The summed E-state index contributed by atoms with van der Waals surface area (Å²) in [6.45, 7) is 2.32. The number of hydrogen-bond donors (Lipinski definition) is 0. The molecular weight excluding hydrogens is 318 g/mol. The Hall–Kier alpha value is 0.140. The highest BCUT2D eigenvalue weighted by molar-refractivity contribution is 9.10. The van der Waals surface area contributed by atoms with Gasteiger partial charge in [0.1, 0.15) is 0 Å². The van der Waals surface area contributed by atoms with Crippen molar-refractivity contribution in [3.8, 4) is 0 Å². The van der Waals surface area contributed by atoms with Crippen LogP contribution in [-0.2, 0) is 6.54 Å². The van der Waals surface area contributed by atoms with Crippen LogP contribution >= 0.6 is 31.9 Å². The van der Waals surface area contributed by atoms with Gasteiger partial charge in [0.25, 0.3) is 0 Å². The van der Waals surface area contributed by atoms with Crippen molar-refractivity contribution in [2.24, 2.45) is 0 Å². The normalized spacial score (nSPS) is 22.1. The van der Waals surface area contributed by atoms with Crippen LogP contribution in [0.5, 0.6) is 0 Å². The van der Waals surface area contributed by atoms with Crippen LogP contribution in [0.2, 0.25) is 0 Å². The van der Waals surface area contributed by atoms with Gasteiger partial charge in [0.15, 0.2) is 0 Å². The minimum atomic E-state index is 0.726. The third-order valence-electron chi connectivity index (χ3n) is 2.95. The van der Waals surface area contributed by atoms with Crippen molar-refractivity contribution in [3.63, 3.8) is 0 Å². The summed E-state index contributed by atoms with van der Waals surface area (Å²) in [4.78, 5) is 2.57. The fraction of sp³-hybridized carbons (Fsp3) is 0.500. The highest BCUT2D eigenvalue weighted by Crippen LogP contribution is 2.22. The molecule has 0 N–H and O–H groups in total. The van der Waals surface area contributed by atoms with Crippen LogP contribution in [0, 0.1) is 0 Å². The number of rotatable bonds is 3. The second-order valence-corrected chi connectivity index (χ2v) is 5.61. The predicted octanol–water partition coefficient (Wildman–Crippen LogP) is 3.81. The fourth-order valence-electron chi connectivity index (χ4n) is 2.15. The summed E-state index contributed by atoms with van der Waals surface area (Å²) in [5.74, 6) is 0. The first kappa shape index (κ1) is 11.6. The summed E-state index contributed by atoms with van der Waals surface area (Å²) in [7, 11) is 0. The lowest BCUT2D eigenvalue weighted by atomic mass is 10.2. The van der Waals surface area contributed by atoms with E-state index in [-0.39, 0.29) is 0 Å². The number of alkyl halides is 1. The molecule has 0 bridgehead atoms. The largest absolute Gasteiger partial charge is 0.295 e. The maximum Gasteiger partial charge on any atom is 0.0237 e. The molecule has 0 spiro atoms. The van der Waals surface area contributed by atoms with Gasteiger partial charge in [-0.1, -0.05) is 44.0 Å². The predicted molar refractivity (Wildman–Crippen MR) is 71.4 cm³/mol. The van der Waals surface area contributed by atoms with Gasteiger partial charge in [-0.15, -0.1) is 0 Å². The highest BCUT2D eigenvalue weighted by atomic mass is 79.9. The minimum Gasteiger partial charge on any atom is -0.295 e. The van der Waals surface area contributed by atoms with Crippen LogP contribution in [-0.4, -0.2) is 22.8 Å². The summed E-state index contributed by atoms with van der Waals surface area (Å²) in [5, 5.41) is 1.10. The van der Waals surface area contributed by atoms with E-state index >= 15 is 0 Å². The molecule has 1 nitrogen and oxygen atoms in total. The molecule has 1 atom stereocenters. The van der Waals surface area contributed by atoms with Crippen LogP contribution < -0.4 is 0 Å². The van der Waals surface area contributed by atoms with Crippen molar-refractivity contribution >= 4 is 31.9 Å². The van der Waals surface area contributed by atoms with Crippen molar-refractivity contribution in [2.75, 3.05) is 11.9 Å². The van der Waals surface area contributed by atoms with E-state index in [9.17, 15) is 0 Å². The Balaban J connectivity index is 2.02. The number of halogens is 2. The summed E-state index contributed by atoms with van der Waals surface area (Å²) >= 11 is 7.11. The van der Waals surface area contributed by atoms with Gasteiger partial charge in [0.05, 0.1) is 0 Å². The minimum absolute atomic E-state index is 0.726. The quantitative estimate of drug-likeness (QED) is 0.761. The number of hydrogen-bond acceptors (Lipinski definition) is 1. The molecule has 0 amide bonds. The van der Waals surface area contributed by atoms with Gasteiger partial charge in [-0.25, -0.2) is 0 Å². The van der Waals surface area contributed by atoms with Crippen LogP contribution in [0.15, 0.2) is 28.7 Å². The maximum atomic E-state index is 3.59. The van der Waals surface area contributed by atoms with E-state index in [1.807, 2.05) is 0 Å².